The summed E-state index contributed by atoms with van der Waals surface area (Å²) >= 11 is 0. The molecule has 0 bridgehead atoms. The van der Waals surface area contributed by atoms with Crippen molar-refractivity contribution in [1.29, 1.82) is 0 Å². The highest BCUT2D eigenvalue weighted by Gasteiger charge is 2.09. The first kappa shape index (κ1) is 8.23. The molecule has 1 aromatic rings. The van der Waals surface area contributed by atoms with Crippen molar-refractivity contribution in [3.05, 3.63) is 34.5 Å². The molecule has 0 saturated heterocycles. The second-order valence-corrected chi connectivity index (χ2v) is 3.24. The largest absolute Gasteiger partial charge is 0.326 e. The topological polar surface area (TPSA) is 45.8 Å². The first-order valence-electron chi connectivity index (χ1n) is 4.61. The molecule has 0 aromatic carbocycles. The third-order valence-corrected chi connectivity index (χ3v) is 2.30. The average Bonchev–Trinajstić information content (AvgIpc) is 2.20. The van der Waals surface area contributed by atoms with E-state index in [-0.39, 0.29) is 5.56 Å². The number of aromatic amines is 1. The van der Waals surface area contributed by atoms with Gasteiger partial charge in [-0.15, -0.1) is 0 Å². The van der Waals surface area contributed by atoms with Crippen LogP contribution in [-0.4, -0.2) is 9.97 Å². The maximum absolute atomic E-state index is 11.4. The number of hydrogen-bond acceptors (Lipinski definition) is 2. The van der Waals surface area contributed by atoms with Crippen LogP contribution in [0.15, 0.2) is 23.3 Å². The molecule has 1 aromatic heterocycles. The zero-order chi connectivity index (χ0) is 9.10. The summed E-state index contributed by atoms with van der Waals surface area (Å²) in [6.45, 7) is 0. The number of nitrogens with one attached hydrogen (secondary N) is 1. The molecule has 0 atom stereocenters. The molecule has 1 N–H and O–H groups in total. The van der Waals surface area contributed by atoms with E-state index in [1.807, 2.05) is 0 Å². The van der Waals surface area contributed by atoms with Crippen molar-refractivity contribution in [3.63, 3.8) is 0 Å². The molecule has 0 unspecified atom stereocenters. The molecule has 0 saturated carbocycles. The van der Waals surface area contributed by atoms with Crippen LogP contribution in [0.2, 0.25) is 0 Å². The number of rotatable bonds is 1. The highest BCUT2D eigenvalue weighted by Crippen LogP contribution is 2.22. The van der Waals surface area contributed by atoms with Gasteiger partial charge in [0, 0.05) is 12.4 Å². The van der Waals surface area contributed by atoms with Gasteiger partial charge in [0.2, 0.25) is 0 Å². The van der Waals surface area contributed by atoms with E-state index in [0.29, 0.717) is 5.69 Å². The summed E-state index contributed by atoms with van der Waals surface area (Å²) in [7, 11) is 0. The van der Waals surface area contributed by atoms with Gasteiger partial charge >= 0.3 is 0 Å². The molecule has 1 aliphatic rings. The molecular formula is C10H12N2O. The Morgan fingerprint density at radius 1 is 1.38 bits per heavy atom. The minimum Gasteiger partial charge on any atom is -0.326 e. The Hall–Kier alpha value is -1.38. The Kier molecular flexibility index (Phi) is 2.25. The van der Waals surface area contributed by atoms with E-state index < -0.39 is 0 Å². The molecule has 0 radical (unpaired) electrons. The van der Waals surface area contributed by atoms with Crippen molar-refractivity contribution < 1.29 is 0 Å². The van der Waals surface area contributed by atoms with Crippen molar-refractivity contribution in [2.24, 2.45) is 0 Å². The van der Waals surface area contributed by atoms with Crippen LogP contribution in [0.1, 0.15) is 31.4 Å². The predicted octanol–water partition coefficient (Wildman–Crippen LogP) is 1.73. The van der Waals surface area contributed by atoms with Gasteiger partial charge in [-0.1, -0.05) is 6.08 Å². The lowest BCUT2D eigenvalue weighted by atomic mass is 9.97. The molecule has 13 heavy (non-hydrogen) atoms. The van der Waals surface area contributed by atoms with Crippen LogP contribution in [0.25, 0.3) is 5.57 Å². The lowest BCUT2D eigenvalue weighted by Crippen LogP contribution is -2.13. The summed E-state index contributed by atoms with van der Waals surface area (Å²) in [6, 6.07) is 0. The van der Waals surface area contributed by atoms with Crippen LogP contribution in [-0.2, 0) is 0 Å². The maximum Gasteiger partial charge on any atom is 0.274 e. The molecular weight excluding hydrogens is 164 g/mol. The third-order valence-electron chi connectivity index (χ3n) is 2.30. The minimum absolute atomic E-state index is 0.0735. The van der Waals surface area contributed by atoms with Gasteiger partial charge in [-0.3, -0.25) is 4.79 Å². The standard InChI is InChI=1S/C10H12N2O/c13-10-9(11-6-7-12-10)8-4-2-1-3-5-8/h4,6-7H,1-3,5H2,(H,12,13). The van der Waals surface area contributed by atoms with Crippen LogP contribution in [0.5, 0.6) is 0 Å². The normalized spacial score (nSPS) is 16.8. The van der Waals surface area contributed by atoms with Crippen molar-refractivity contribution >= 4 is 5.57 Å². The van der Waals surface area contributed by atoms with Crippen LogP contribution in [0.3, 0.4) is 0 Å². The SMILES string of the molecule is O=c1[nH]ccnc1C1=CCCCC1. The molecule has 0 fully saturated rings. The van der Waals surface area contributed by atoms with E-state index in [1.54, 1.807) is 12.4 Å². The fraction of sp³-hybridized carbons (Fsp3) is 0.400. The quantitative estimate of drug-likeness (QED) is 0.708. The lowest BCUT2D eigenvalue weighted by Gasteiger charge is -2.10. The monoisotopic (exact) mass is 176 g/mol. The summed E-state index contributed by atoms with van der Waals surface area (Å²) in [5, 5.41) is 0. The van der Waals surface area contributed by atoms with E-state index in [1.165, 1.54) is 12.8 Å². The van der Waals surface area contributed by atoms with Crippen molar-refractivity contribution in [3.8, 4) is 0 Å². The molecule has 2 rings (SSSR count). The van der Waals surface area contributed by atoms with Gasteiger partial charge in [0.1, 0.15) is 5.69 Å². The van der Waals surface area contributed by atoms with Crippen LogP contribution in [0, 0.1) is 0 Å². The smallest absolute Gasteiger partial charge is 0.274 e. The molecule has 0 aliphatic heterocycles. The highest BCUT2D eigenvalue weighted by atomic mass is 16.1. The molecule has 0 spiro atoms. The Morgan fingerprint density at radius 3 is 3.00 bits per heavy atom. The lowest BCUT2D eigenvalue weighted by molar-refractivity contribution is 0.738. The molecule has 1 aliphatic carbocycles. The number of aromatic nitrogens is 2. The van der Waals surface area contributed by atoms with Gasteiger partial charge in [-0.25, -0.2) is 4.98 Å². The third kappa shape index (κ3) is 1.69. The maximum atomic E-state index is 11.4. The van der Waals surface area contributed by atoms with E-state index in [4.69, 9.17) is 0 Å². The molecule has 3 nitrogen and oxygen atoms in total. The number of hydrogen-bond donors (Lipinski definition) is 1. The van der Waals surface area contributed by atoms with E-state index in [2.05, 4.69) is 16.0 Å². The molecule has 68 valence electrons. The zero-order valence-electron chi connectivity index (χ0n) is 7.42. The molecule has 1 heterocycles. The van der Waals surface area contributed by atoms with Gasteiger partial charge in [0.25, 0.3) is 5.56 Å². The average molecular weight is 176 g/mol. The summed E-state index contributed by atoms with van der Waals surface area (Å²) < 4.78 is 0. The van der Waals surface area contributed by atoms with Crippen LogP contribution >= 0.6 is 0 Å². The van der Waals surface area contributed by atoms with Crippen molar-refractivity contribution in [2.75, 3.05) is 0 Å². The fourth-order valence-electron chi connectivity index (χ4n) is 1.63. The van der Waals surface area contributed by atoms with Crippen molar-refractivity contribution in [1.82, 2.24) is 9.97 Å². The fourth-order valence-corrected chi connectivity index (χ4v) is 1.63. The molecule has 0 amide bonds. The first-order valence-corrected chi connectivity index (χ1v) is 4.61. The van der Waals surface area contributed by atoms with E-state index >= 15 is 0 Å². The highest BCUT2D eigenvalue weighted by molar-refractivity contribution is 5.62. The second kappa shape index (κ2) is 3.56. The Bertz CT molecular complexity index is 379. The summed E-state index contributed by atoms with van der Waals surface area (Å²) in [6.07, 6.45) is 9.78. The zero-order valence-corrected chi connectivity index (χ0v) is 7.42. The van der Waals surface area contributed by atoms with Crippen LogP contribution in [0.4, 0.5) is 0 Å². The summed E-state index contributed by atoms with van der Waals surface area (Å²) in [5.74, 6) is 0. The van der Waals surface area contributed by atoms with Crippen LogP contribution < -0.4 is 5.56 Å². The minimum atomic E-state index is -0.0735. The second-order valence-electron chi connectivity index (χ2n) is 3.24. The van der Waals surface area contributed by atoms with Gasteiger partial charge < -0.3 is 4.98 Å². The number of H-pyrrole nitrogens is 1. The van der Waals surface area contributed by atoms with Gasteiger partial charge in [0.05, 0.1) is 0 Å². The number of nitrogens with zero attached hydrogens (tertiary/aromatic N) is 1. The van der Waals surface area contributed by atoms with Crippen molar-refractivity contribution in [2.45, 2.75) is 25.7 Å². The van der Waals surface area contributed by atoms with Gasteiger partial charge in [-0.2, -0.15) is 0 Å². The van der Waals surface area contributed by atoms with E-state index in [0.717, 1.165) is 18.4 Å². The van der Waals surface area contributed by atoms with Gasteiger partial charge in [0.15, 0.2) is 0 Å². The first-order chi connectivity index (χ1) is 6.38. The Morgan fingerprint density at radius 2 is 2.31 bits per heavy atom. The van der Waals surface area contributed by atoms with Gasteiger partial charge in [-0.05, 0) is 31.3 Å². The predicted molar refractivity (Wildman–Crippen MR) is 51.3 cm³/mol. The Balaban J connectivity index is 2.40. The van der Waals surface area contributed by atoms with E-state index in [9.17, 15) is 4.79 Å². The molecule has 3 heteroatoms. The summed E-state index contributed by atoms with van der Waals surface area (Å²) in [5.41, 5.74) is 1.63. The summed E-state index contributed by atoms with van der Waals surface area (Å²) in [4.78, 5) is 18.1. The Labute approximate surface area is 76.5 Å². The number of allylic oxidation sites excluding steroid dienone is 2.